The standard InChI is InChI=1S/C13H24O3.C13H22O3.C13H20O3/c3*1-6-7-8(2)10-9(3)11(14)13(4,5)12(15)16-10/h6-12,14-15H,1-5H3;6-10,12,15H,1-5H3;6-10H,1-5H3/b3*7-6+/t8-,9+,10-,11?,12?;8-,9+,10-,12?;8-,9+,10-/m000/s1. The summed E-state index contributed by atoms with van der Waals surface area (Å²) in [5.41, 5.74) is -2.40. The quantitative estimate of drug-likeness (QED) is 0.165. The summed E-state index contributed by atoms with van der Waals surface area (Å²) < 4.78 is 16.6. The Morgan fingerprint density at radius 1 is 0.625 bits per heavy atom. The molecule has 3 saturated heterocycles. The Labute approximate surface area is 290 Å². The largest absolute Gasteiger partial charge is 0.460 e. The lowest BCUT2D eigenvalue weighted by molar-refractivity contribution is -0.283. The summed E-state index contributed by atoms with van der Waals surface area (Å²) in [6.07, 6.45) is 8.68. The SMILES string of the molecule is C/C=C/[C@H](C)[C@@H]1OC(=O)C(C)(C)C(=O)[C@@H]1C.C/C=C/[C@H](C)[C@@H]1OC(O)C(C)(C)C(=O)[C@@H]1C.C/C=C/[C@H](C)[C@@H]1OC(O)C(C)(C)C(O)[C@@H]1C. The van der Waals surface area contributed by atoms with Gasteiger partial charge in [-0.05, 0) is 48.5 Å². The number of esters is 1. The van der Waals surface area contributed by atoms with Crippen molar-refractivity contribution in [2.24, 2.45) is 51.8 Å². The number of hydrogen-bond acceptors (Lipinski definition) is 9. The Hall–Kier alpha value is -2.17. The van der Waals surface area contributed by atoms with Crippen molar-refractivity contribution in [3.63, 3.8) is 0 Å². The molecule has 3 unspecified atom stereocenters. The summed E-state index contributed by atoms with van der Waals surface area (Å²) in [7, 11) is 0. The Bertz CT molecular complexity index is 1170. The summed E-state index contributed by atoms with van der Waals surface area (Å²) in [6, 6.07) is 0. The molecule has 0 aliphatic carbocycles. The zero-order valence-electron chi connectivity index (χ0n) is 32.2. The molecule has 9 nitrogen and oxygen atoms in total. The molecule has 0 aromatic heterocycles. The fraction of sp³-hybridized carbons (Fsp3) is 0.769. The van der Waals surface area contributed by atoms with Gasteiger partial charge in [0.1, 0.15) is 17.3 Å². The predicted octanol–water partition coefficient (Wildman–Crippen LogP) is 6.44. The average Bonchev–Trinajstić information content (AvgIpc) is 3.01. The van der Waals surface area contributed by atoms with E-state index in [1.54, 1.807) is 27.7 Å². The number of aliphatic hydroxyl groups excluding tert-OH is 3. The Morgan fingerprint density at radius 3 is 1.48 bits per heavy atom. The number of carbonyl (C=O) groups excluding carboxylic acids is 3. The zero-order chi connectivity index (χ0) is 37.5. The van der Waals surface area contributed by atoms with Gasteiger partial charge in [-0.2, -0.15) is 0 Å². The highest BCUT2D eigenvalue weighted by molar-refractivity contribution is 6.05. The maximum atomic E-state index is 12.1. The van der Waals surface area contributed by atoms with E-state index >= 15 is 0 Å². The minimum absolute atomic E-state index is 0.0181. The third-order valence-corrected chi connectivity index (χ3v) is 10.5. The lowest BCUT2D eigenvalue weighted by Crippen LogP contribution is -2.56. The second-order valence-electron chi connectivity index (χ2n) is 15.7. The van der Waals surface area contributed by atoms with Gasteiger partial charge in [-0.25, -0.2) is 0 Å². The van der Waals surface area contributed by atoms with Gasteiger partial charge in [-0.3, -0.25) is 14.4 Å². The first kappa shape index (κ1) is 43.9. The van der Waals surface area contributed by atoms with Crippen LogP contribution in [0, 0.1) is 51.8 Å². The molecule has 3 rings (SSSR count). The van der Waals surface area contributed by atoms with Crippen molar-refractivity contribution in [1.29, 1.82) is 0 Å². The monoisotopic (exact) mass is 678 g/mol. The number of hydrogen-bond donors (Lipinski definition) is 3. The number of cyclic esters (lactones) is 1. The molecular formula is C39H66O9. The van der Waals surface area contributed by atoms with Gasteiger partial charge in [0, 0.05) is 35.0 Å². The van der Waals surface area contributed by atoms with Crippen LogP contribution in [0.3, 0.4) is 0 Å². The molecular weight excluding hydrogens is 612 g/mol. The van der Waals surface area contributed by atoms with E-state index < -0.39 is 40.9 Å². The van der Waals surface area contributed by atoms with Crippen molar-refractivity contribution in [1.82, 2.24) is 0 Å². The van der Waals surface area contributed by atoms with Crippen molar-refractivity contribution >= 4 is 17.5 Å². The number of carbonyl (C=O) groups is 3. The second kappa shape index (κ2) is 17.7. The van der Waals surface area contributed by atoms with E-state index in [1.165, 1.54) is 0 Å². The first-order valence-corrected chi connectivity index (χ1v) is 17.5. The van der Waals surface area contributed by atoms with Crippen LogP contribution in [-0.2, 0) is 28.6 Å². The Kier molecular flexibility index (Phi) is 16.1. The van der Waals surface area contributed by atoms with Crippen LogP contribution >= 0.6 is 0 Å². The molecule has 3 aliphatic heterocycles. The maximum absolute atomic E-state index is 12.1. The third-order valence-electron chi connectivity index (χ3n) is 10.5. The molecule has 0 bridgehead atoms. The summed E-state index contributed by atoms with van der Waals surface area (Å²) in [6.45, 7) is 27.9. The van der Waals surface area contributed by atoms with Crippen molar-refractivity contribution in [3.8, 4) is 0 Å². The van der Waals surface area contributed by atoms with E-state index in [0.717, 1.165) is 0 Å². The van der Waals surface area contributed by atoms with Crippen molar-refractivity contribution < 1.29 is 43.9 Å². The van der Waals surface area contributed by atoms with E-state index in [9.17, 15) is 29.7 Å². The number of aliphatic hydroxyl groups is 3. The fourth-order valence-electron chi connectivity index (χ4n) is 6.92. The molecule has 0 amide bonds. The Balaban J connectivity index is 0.000000360. The van der Waals surface area contributed by atoms with E-state index in [2.05, 4.69) is 0 Å². The highest BCUT2D eigenvalue weighted by Crippen LogP contribution is 2.41. The van der Waals surface area contributed by atoms with Gasteiger partial charge >= 0.3 is 5.97 Å². The van der Waals surface area contributed by atoms with Crippen LogP contribution in [0.4, 0.5) is 0 Å². The van der Waals surface area contributed by atoms with Crippen LogP contribution < -0.4 is 0 Å². The number of Topliss-reactive ketones (excluding diaryl/α,β-unsaturated/α-hetero) is 2. The third kappa shape index (κ3) is 9.75. The zero-order valence-corrected chi connectivity index (χ0v) is 32.2. The van der Waals surface area contributed by atoms with Crippen LogP contribution in [0.1, 0.15) is 104 Å². The van der Waals surface area contributed by atoms with E-state index in [1.807, 2.05) is 113 Å². The van der Waals surface area contributed by atoms with Gasteiger partial charge in [0.25, 0.3) is 0 Å². The van der Waals surface area contributed by atoms with Crippen molar-refractivity contribution in [2.45, 2.75) is 141 Å². The second-order valence-corrected chi connectivity index (χ2v) is 15.7. The number of rotatable bonds is 6. The molecule has 0 saturated carbocycles. The number of allylic oxidation sites excluding steroid dienone is 3. The van der Waals surface area contributed by atoms with Gasteiger partial charge in [0.15, 0.2) is 18.4 Å². The summed E-state index contributed by atoms with van der Waals surface area (Å²) in [4.78, 5) is 35.9. The Morgan fingerprint density at radius 2 is 1.02 bits per heavy atom. The summed E-state index contributed by atoms with van der Waals surface area (Å²) >= 11 is 0. The van der Waals surface area contributed by atoms with Gasteiger partial charge in [-0.15, -0.1) is 0 Å². The highest BCUT2D eigenvalue weighted by atomic mass is 16.6. The van der Waals surface area contributed by atoms with Crippen molar-refractivity contribution in [2.75, 3.05) is 0 Å². The van der Waals surface area contributed by atoms with Gasteiger partial charge in [0.05, 0.1) is 29.6 Å². The first-order chi connectivity index (χ1) is 22.0. The van der Waals surface area contributed by atoms with Crippen LogP contribution in [0.2, 0.25) is 0 Å². The molecule has 0 aromatic carbocycles. The normalized spacial score (nSPS) is 36.5. The molecule has 3 N–H and O–H groups in total. The molecule has 0 spiro atoms. The minimum atomic E-state index is -1.01. The molecule has 9 heteroatoms. The average molecular weight is 679 g/mol. The van der Waals surface area contributed by atoms with Gasteiger partial charge < -0.3 is 29.5 Å². The smallest absolute Gasteiger partial charge is 0.319 e. The molecule has 276 valence electrons. The van der Waals surface area contributed by atoms with E-state index in [4.69, 9.17) is 14.2 Å². The molecule has 3 aliphatic rings. The van der Waals surface area contributed by atoms with E-state index in [-0.39, 0.29) is 65.4 Å². The van der Waals surface area contributed by atoms with E-state index in [0.29, 0.717) is 0 Å². The molecule has 48 heavy (non-hydrogen) atoms. The molecule has 0 aromatic rings. The summed E-state index contributed by atoms with van der Waals surface area (Å²) in [5.74, 6) is -0.346. The van der Waals surface area contributed by atoms with Gasteiger partial charge in [0.2, 0.25) is 0 Å². The maximum Gasteiger partial charge on any atom is 0.319 e. The molecule has 3 fully saturated rings. The molecule has 0 radical (unpaired) electrons. The molecule has 3 heterocycles. The predicted molar refractivity (Wildman–Crippen MR) is 188 cm³/mol. The molecule has 12 atom stereocenters. The minimum Gasteiger partial charge on any atom is -0.460 e. The van der Waals surface area contributed by atoms with Crippen molar-refractivity contribution in [3.05, 3.63) is 36.5 Å². The lowest BCUT2D eigenvalue weighted by Gasteiger charge is -2.48. The highest BCUT2D eigenvalue weighted by Gasteiger charge is 2.51. The number of ketones is 2. The number of ether oxygens (including phenoxy) is 3. The summed E-state index contributed by atoms with van der Waals surface area (Å²) in [5, 5.41) is 30.0. The lowest BCUT2D eigenvalue weighted by atomic mass is 9.73. The first-order valence-electron chi connectivity index (χ1n) is 17.5. The topological polar surface area (TPSA) is 140 Å². The van der Waals surface area contributed by atoms with Crippen LogP contribution in [0.15, 0.2) is 36.5 Å². The van der Waals surface area contributed by atoms with Crippen LogP contribution in [0.25, 0.3) is 0 Å². The van der Waals surface area contributed by atoms with Crippen LogP contribution in [-0.4, -0.2) is 69.9 Å². The fourth-order valence-corrected chi connectivity index (χ4v) is 6.92. The van der Waals surface area contributed by atoms with Crippen LogP contribution in [0.5, 0.6) is 0 Å². The van der Waals surface area contributed by atoms with Gasteiger partial charge in [-0.1, -0.05) is 91.8 Å².